The predicted octanol–water partition coefficient (Wildman–Crippen LogP) is 3.21. The summed E-state index contributed by atoms with van der Waals surface area (Å²) in [5, 5.41) is 10.5. The molecule has 17 heavy (non-hydrogen) atoms. The number of carboxylic acids is 1. The van der Waals surface area contributed by atoms with Crippen molar-refractivity contribution < 1.29 is 16.0 Å². The van der Waals surface area contributed by atoms with Crippen molar-refractivity contribution in [1.29, 1.82) is 0 Å². The molecule has 0 radical (unpaired) electrons. The molecule has 1 N–H and O–H groups in total. The molecule has 0 atom stereocenters. The molecule has 0 saturated carbocycles. The van der Waals surface area contributed by atoms with Gasteiger partial charge in [0.2, 0.25) is 0 Å². The Kier molecular flexibility index (Phi) is 3.10. The number of hydrogen-bond acceptors (Lipinski definition) is 3. The van der Waals surface area contributed by atoms with E-state index >= 15 is 0 Å². The van der Waals surface area contributed by atoms with E-state index in [1.165, 1.54) is 12.1 Å². The minimum atomic E-state index is -3.81. The molecular formula is C12H9IO4. The highest BCUT2D eigenvalue weighted by atomic mass is 127. The number of fused-ring (bicyclic) bond motifs is 1. The van der Waals surface area contributed by atoms with E-state index in [9.17, 15) is 10.9 Å². The Bertz CT molecular complexity index is 678. The summed E-state index contributed by atoms with van der Waals surface area (Å²) >= 11 is -3.81. The van der Waals surface area contributed by atoms with Gasteiger partial charge in [-0.1, -0.05) is 18.2 Å². The third kappa shape index (κ3) is 2.14. The molecular weight excluding hydrogens is 335 g/mol. The van der Waals surface area contributed by atoms with Crippen molar-refractivity contribution in [2.24, 2.45) is 0 Å². The maximum absolute atomic E-state index is 11.1. The Morgan fingerprint density at radius 3 is 2.53 bits per heavy atom. The fourth-order valence-electron chi connectivity index (χ4n) is 1.75. The lowest BCUT2D eigenvalue weighted by Crippen LogP contribution is -2.00. The normalized spacial score (nSPS) is 10.9. The van der Waals surface area contributed by atoms with Crippen LogP contribution in [0.5, 0.6) is 0 Å². The van der Waals surface area contributed by atoms with Crippen LogP contribution in [0, 0.1) is 10.5 Å². The van der Waals surface area contributed by atoms with Crippen LogP contribution in [0.2, 0.25) is 0 Å². The lowest BCUT2D eigenvalue weighted by atomic mass is 10.0. The maximum Gasteiger partial charge on any atom is 0.341 e. The van der Waals surface area contributed by atoms with Gasteiger partial charge >= 0.3 is 25.8 Å². The lowest BCUT2D eigenvalue weighted by Gasteiger charge is -2.05. The number of hydrogen-bond donors (Lipinski definition) is 1. The number of halogens is 1. The Balaban J connectivity index is 2.91. The highest BCUT2D eigenvalue weighted by Gasteiger charge is 2.15. The summed E-state index contributed by atoms with van der Waals surface area (Å²) in [7, 11) is 0. The molecule has 5 heteroatoms. The zero-order chi connectivity index (χ0) is 12.6. The largest absolute Gasteiger partial charge is 0.478 e. The SMILES string of the molecule is Cc1cccc2cc(C(=O)O)c(I(=O)=O)cc12. The Hall–Kier alpha value is -1.50. The number of rotatable bonds is 2. The summed E-state index contributed by atoms with van der Waals surface area (Å²) in [6.07, 6.45) is 0. The third-order valence-electron chi connectivity index (χ3n) is 2.58. The minimum Gasteiger partial charge on any atom is -0.478 e. The topological polar surface area (TPSA) is 71.4 Å². The van der Waals surface area contributed by atoms with E-state index in [-0.39, 0.29) is 9.13 Å². The molecule has 88 valence electrons. The lowest BCUT2D eigenvalue weighted by molar-refractivity contribution is 0.0696. The predicted molar refractivity (Wildman–Crippen MR) is 69.7 cm³/mol. The Morgan fingerprint density at radius 1 is 1.24 bits per heavy atom. The van der Waals surface area contributed by atoms with Gasteiger partial charge in [-0.05, 0) is 35.4 Å². The molecule has 2 rings (SSSR count). The molecule has 0 fully saturated rings. The second-order valence-corrected chi connectivity index (χ2v) is 6.05. The van der Waals surface area contributed by atoms with E-state index in [2.05, 4.69) is 0 Å². The monoisotopic (exact) mass is 344 g/mol. The van der Waals surface area contributed by atoms with Crippen LogP contribution < -0.4 is 0 Å². The average molecular weight is 344 g/mol. The molecule has 0 saturated heterocycles. The van der Waals surface area contributed by atoms with Gasteiger partial charge in [-0.3, -0.25) is 0 Å². The molecule has 0 unspecified atom stereocenters. The molecule has 2 aromatic rings. The van der Waals surface area contributed by atoms with Crippen LogP contribution in [0.15, 0.2) is 30.3 Å². The van der Waals surface area contributed by atoms with Crippen molar-refractivity contribution >= 4 is 36.5 Å². The van der Waals surface area contributed by atoms with Crippen LogP contribution >= 0.6 is 19.8 Å². The summed E-state index contributed by atoms with van der Waals surface area (Å²) in [5.74, 6) is -1.21. The van der Waals surface area contributed by atoms with Gasteiger partial charge < -0.3 is 5.11 Å². The van der Waals surface area contributed by atoms with Gasteiger partial charge in [-0.15, -0.1) is 0 Å². The molecule has 0 heterocycles. The summed E-state index contributed by atoms with van der Waals surface area (Å²) in [4.78, 5) is 11.0. The van der Waals surface area contributed by atoms with E-state index in [0.717, 1.165) is 16.3 Å². The second kappa shape index (κ2) is 4.40. The third-order valence-corrected chi connectivity index (χ3v) is 4.42. The van der Waals surface area contributed by atoms with Crippen LogP contribution in [0.25, 0.3) is 10.8 Å². The number of aromatic carboxylic acids is 1. The zero-order valence-electron chi connectivity index (χ0n) is 8.94. The van der Waals surface area contributed by atoms with Crippen molar-refractivity contribution in [3.63, 3.8) is 0 Å². The van der Waals surface area contributed by atoms with E-state index in [1.807, 2.05) is 19.1 Å². The summed E-state index contributed by atoms with van der Waals surface area (Å²) in [6, 6.07) is 8.32. The van der Waals surface area contributed by atoms with Gasteiger partial charge in [-0.25, -0.2) is 10.9 Å². The number of carbonyl (C=O) groups is 1. The molecule has 0 aromatic heterocycles. The first-order chi connectivity index (χ1) is 8.00. The molecule has 0 amide bonds. The highest BCUT2D eigenvalue weighted by molar-refractivity contribution is 14.2. The second-order valence-electron chi connectivity index (χ2n) is 3.65. The summed E-state index contributed by atoms with van der Waals surface area (Å²) in [6.45, 7) is 1.86. The van der Waals surface area contributed by atoms with E-state index < -0.39 is 25.8 Å². The fraction of sp³-hybridized carbons (Fsp3) is 0.0833. The average Bonchev–Trinajstić information content (AvgIpc) is 2.27. The van der Waals surface area contributed by atoms with E-state index in [0.29, 0.717) is 0 Å². The Morgan fingerprint density at radius 2 is 1.94 bits per heavy atom. The molecule has 0 spiro atoms. The minimum absolute atomic E-state index is 0.0523. The fourth-order valence-corrected chi connectivity index (χ4v) is 3.17. The summed E-state index contributed by atoms with van der Waals surface area (Å²) < 4.78 is 22.2. The highest BCUT2D eigenvalue weighted by Crippen LogP contribution is 2.28. The van der Waals surface area contributed by atoms with Crippen molar-refractivity contribution in [2.75, 3.05) is 0 Å². The van der Waals surface area contributed by atoms with Gasteiger partial charge in [0.25, 0.3) is 0 Å². The van der Waals surface area contributed by atoms with E-state index in [1.54, 1.807) is 6.07 Å². The maximum atomic E-state index is 11.1. The molecule has 0 aliphatic rings. The zero-order valence-corrected chi connectivity index (χ0v) is 11.1. The first-order valence-corrected chi connectivity index (χ1v) is 7.66. The molecule has 2 aromatic carbocycles. The van der Waals surface area contributed by atoms with Crippen LogP contribution in [0.3, 0.4) is 0 Å². The van der Waals surface area contributed by atoms with Crippen molar-refractivity contribution in [3.8, 4) is 0 Å². The number of carboxylic acid groups (broad SMARTS) is 1. The van der Waals surface area contributed by atoms with E-state index in [4.69, 9.17) is 5.11 Å². The first-order valence-electron chi connectivity index (χ1n) is 4.82. The van der Waals surface area contributed by atoms with Crippen molar-refractivity contribution in [2.45, 2.75) is 6.92 Å². The smallest absolute Gasteiger partial charge is 0.341 e. The molecule has 0 aliphatic carbocycles. The number of benzene rings is 2. The van der Waals surface area contributed by atoms with Crippen LogP contribution in [-0.2, 0) is 6.14 Å². The van der Waals surface area contributed by atoms with Crippen molar-refractivity contribution in [3.05, 3.63) is 45.0 Å². The van der Waals surface area contributed by atoms with Crippen LogP contribution in [-0.4, -0.2) is 11.1 Å². The Labute approximate surface area is 104 Å². The number of aryl methyl sites for hydroxylation is 1. The van der Waals surface area contributed by atoms with Gasteiger partial charge in [-0.2, -0.15) is 0 Å². The molecule has 0 aliphatic heterocycles. The van der Waals surface area contributed by atoms with Crippen molar-refractivity contribution in [1.82, 2.24) is 0 Å². The van der Waals surface area contributed by atoms with Gasteiger partial charge in [0.1, 0.15) is 0 Å². The molecule has 4 nitrogen and oxygen atoms in total. The van der Waals surface area contributed by atoms with Crippen LogP contribution in [0.1, 0.15) is 15.9 Å². The summed E-state index contributed by atoms with van der Waals surface area (Å²) in [5.41, 5.74) is 0.789. The molecule has 0 bridgehead atoms. The van der Waals surface area contributed by atoms with Crippen LogP contribution in [0.4, 0.5) is 0 Å². The standard InChI is InChI=1S/C12H9IO4/c1-7-3-2-4-8-5-10(12(14)15)11(13(16)17)6-9(7)8/h2-6H,1H3,(H,14,15). The van der Waals surface area contributed by atoms with Gasteiger partial charge in [0.15, 0.2) is 0 Å². The van der Waals surface area contributed by atoms with Gasteiger partial charge in [0, 0.05) is 0 Å². The van der Waals surface area contributed by atoms with Gasteiger partial charge in [0.05, 0.1) is 9.13 Å². The quantitative estimate of drug-likeness (QED) is 0.850. The first kappa shape index (κ1) is 12.0.